The second-order valence-corrected chi connectivity index (χ2v) is 8.44. The summed E-state index contributed by atoms with van der Waals surface area (Å²) in [6, 6.07) is 5.63. The monoisotopic (exact) mass is 406 g/mol. The molecular formula is C21H27ClN2O4. The van der Waals surface area contributed by atoms with E-state index in [1.54, 1.807) is 23.1 Å². The number of carboxylic acids is 1. The number of nitrogens with zero attached hydrogens (tertiary/aromatic N) is 1. The van der Waals surface area contributed by atoms with Gasteiger partial charge in [-0.1, -0.05) is 30.5 Å². The Bertz CT molecular complexity index is 736. The molecule has 1 unspecified atom stereocenters. The van der Waals surface area contributed by atoms with Gasteiger partial charge >= 0.3 is 5.97 Å². The highest BCUT2D eigenvalue weighted by atomic mass is 35.5. The van der Waals surface area contributed by atoms with Crippen LogP contribution in [0.3, 0.4) is 0 Å². The Kier molecular flexibility index (Phi) is 6.60. The first-order valence-electron chi connectivity index (χ1n) is 9.96. The fourth-order valence-electron chi connectivity index (χ4n) is 4.44. The zero-order valence-corrected chi connectivity index (χ0v) is 16.7. The average Bonchev–Trinajstić information content (AvgIpc) is 3.13. The maximum Gasteiger partial charge on any atom is 0.303 e. The number of carbonyl (C=O) groups excluding carboxylic acids is 2. The summed E-state index contributed by atoms with van der Waals surface area (Å²) in [5.41, 5.74) is 0.737. The van der Waals surface area contributed by atoms with Crippen molar-refractivity contribution >= 4 is 29.4 Å². The average molecular weight is 407 g/mol. The van der Waals surface area contributed by atoms with Gasteiger partial charge in [-0.05, 0) is 55.7 Å². The third kappa shape index (κ3) is 5.04. The van der Waals surface area contributed by atoms with Crippen LogP contribution in [0.5, 0.6) is 0 Å². The minimum atomic E-state index is -0.988. The lowest BCUT2D eigenvalue weighted by Gasteiger charge is -2.40. The van der Waals surface area contributed by atoms with Crippen molar-refractivity contribution in [3.8, 4) is 0 Å². The molecule has 1 aliphatic heterocycles. The first-order chi connectivity index (χ1) is 13.4. The zero-order valence-electron chi connectivity index (χ0n) is 16.0. The van der Waals surface area contributed by atoms with Gasteiger partial charge in [-0.3, -0.25) is 14.4 Å². The van der Waals surface area contributed by atoms with Gasteiger partial charge in [0.15, 0.2) is 0 Å². The number of likely N-dealkylation sites (tertiary alicyclic amines) is 1. The summed E-state index contributed by atoms with van der Waals surface area (Å²) >= 11 is 5.94. The summed E-state index contributed by atoms with van der Waals surface area (Å²) in [6.07, 6.45) is 6.90. The van der Waals surface area contributed by atoms with E-state index >= 15 is 0 Å². The molecular weight excluding hydrogens is 380 g/mol. The van der Waals surface area contributed by atoms with Gasteiger partial charge in [0.25, 0.3) is 5.91 Å². The van der Waals surface area contributed by atoms with E-state index in [0.717, 1.165) is 12.8 Å². The third-order valence-electron chi connectivity index (χ3n) is 6.14. The van der Waals surface area contributed by atoms with Gasteiger partial charge in [-0.15, -0.1) is 0 Å². The van der Waals surface area contributed by atoms with Gasteiger partial charge in [-0.2, -0.15) is 0 Å². The lowest BCUT2D eigenvalue weighted by Crippen LogP contribution is -2.52. The van der Waals surface area contributed by atoms with E-state index in [-0.39, 0.29) is 18.7 Å². The van der Waals surface area contributed by atoms with Crippen LogP contribution in [0.2, 0.25) is 5.02 Å². The largest absolute Gasteiger partial charge is 0.481 e. The molecule has 1 aromatic carbocycles. The Morgan fingerprint density at radius 1 is 1.14 bits per heavy atom. The van der Waals surface area contributed by atoms with Crippen LogP contribution in [0, 0.1) is 5.41 Å². The highest BCUT2D eigenvalue weighted by Gasteiger charge is 2.39. The zero-order chi connectivity index (χ0) is 20.1. The summed E-state index contributed by atoms with van der Waals surface area (Å²) in [5, 5.41) is 12.2. The van der Waals surface area contributed by atoms with Crippen molar-refractivity contribution in [2.45, 2.75) is 57.4 Å². The van der Waals surface area contributed by atoms with Crippen molar-refractivity contribution in [3.63, 3.8) is 0 Å². The molecule has 7 heteroatoms. The highest BCUT2D eigenvalue weighted by Crippen LogP contribution is 2.46. The van der Waals surface area contributed by atoms with Gasteiger partial charge in [0, 0.05) is 30.1 Å². The predicted octanol–water partition coefficient (Wildman–Crippen LogP) is 3.49. The number of hydrogen-bond acceptors (Lipinski definition) is 3. The number of carbonyl (C=O) groups is 3. The third-order valence-corrected chi connectivity index (χ3v) is 6.37. The normalized spacial score (nSPS) is 19.4. The number of hydrogen-bond donors (Lipinski definition) is 2. The van der Waals surface area contributed by atoms with Gasteiger partial charge in [0.2, 0.25) is 5.91 Å². The van der Waals surface area contributed by atoms with Crippen molar-refractivity contribution in [2.24, 2.45) is 5.41 Å². The van der Waals surface area contributed by atoms with Crippen LogP contribution in [-0.2, 0) is 9.59 Å². The van der Waals surface area contributed by atoms with E-state index in [2.05, 4.69) is 5.32 Å². The van der Waals surface area contributed by atoms with Crippen LogP contribution < -0.4 is 5.32 Å². The number of rotatable bonds is 6. The molecule has 0 aromatic heterocycles. The van der Waals surface area contributed by atoms with Crippen LogP contribution in [0.4, 0.5) is 0 Å². The number of benzene rings is 1. The molecule has 1 atom stereocenters. The van der Waals surface area contributed by atoms with Gasteiger partial charge in [-0.25, -0.2) is 0 Å². The lowest BCUT2D eigenvalue weighted by molar-refractivity contribution is -0.138. The van der Waals surface area contributed by atoms with Crippen LogP contribution in [0.25, 0.3) is 0 Å². The standard InChI is InChI=1S/C21H27ClN2O4/c22-16-5-3-4-15(14-16)19(27)23-17(6-7-18(25)26)20(28)24-12-10-21(11-13-24)8-1-2-9-21/h3-5,14,17H,1-2,6-13H2,(H,23,27)(H,25,26). The van der Waals surface area contributed by atoms with Crippen molar-refractivity contribution in [1.82, 2.24) is 10.2 Å². The van der Waals surface area contributed by atoms with Crippen molar-refractivity contribution in [3.05, 3.63) is 34.9 Å². The molecule has 1 heterocycles. The van der Waals surface area contributed by atoms with Crippen LogP contribution in [0.1, 0.15) is 61.7 Å². The number of carboxylic acid groups (broad SMARTS) is 1. The summed E-state index contributed by atoms with van der Waals surface area (Å²) < 4.78 is 0. The molecule has 2 fully saturated rings. The quantitative estimate of drug-likeness (QED) is 0.757. The topological polar surface area (TPSA) is 86.7 Å². The molecule has 2 aliphatic rings. The Morgan fingerprint density at radius 2 is 1.82 bits per heavy atom. The summed E-state index contributed by atoms with van der Waals surface area (Å²) in [4.78, 5) is 38.4. The van der Waals surface area contributed by atoms with Crippen molar-refractivity contribution in [1.29, 1.82) is 0 Å². The van der Waals surface area contributed by atoms with E-state index < -0.39 is 17.9 Å². The summed E-state index contributed by atoms with van der Waals surface area (Å²) in [5.74, 6) is -1.60. The number of amides is 2. The van der Waals surface area contributed by atoms with Crippen LogP contribution in [0.15, 0.2) is 24.3 Å². The van der Waals surface area contributed by atoms with Crippen molar-refractivity contribution < 1.29 is 19.5 Å². The Balaban J connectivity index is 1.65. The molecule has 1 aliphatic carbocycles. The van der Waals surface area contributed by atoms with E-state index in [1.807, 2.05) is 0 Å². The smallest absolute Gasteiger partial charge is 0.303 e. The number of nitrogens with one attached hydrogen (secondary N) is 1. The first kappa shape index (κ1) is 20.6. The number of piperidine rings is 1. The Labute approximate surface area is 170 Å². The predicted molar refractivity (Wildman–Crippen MR) is 106 cm³/mol. The molecule has 0 bridgehead atoms. The molecule has 3 rings (SSSR count). The maximum absolute atomic E-state index is 13.0. The maximum atomic E-state index is 13.0. The molecule has 152 valence electrons. The molecule has 1 saturated heterocycles. The molecule has 1 saturated carbocycles. The SMILES string of the molecule is O=C(O)CCC(NC(=O)c1cccc(Cl)c1)C(=O)N1CCC2(CCCC2)CC1. The highest BCUT2D eigenvalue weighted by molar-refractivity contribution is 6.31. The number of halogens is 1. The second-order valence-electron chi connectivity index (χ2n) is 8.00. The van der Waals surface area contributed by atoms with Gasteiger partial charge < -0.3 is 15.3 Å². The van der Waals surface area contributed by atoms with E-state index in [9.17, 15) is 14.4 Å². The molecule has 1 aromatic rings. The number of aliphatic carboxylic acids is 1. The fraction of sp³-hybridized carbons (Fsp3) is 0.571. The molecule has 6 nitrogen and oxygen atoms in total. The summed E-state index contributed by atoms with van der Waals surface area (Å²) in [6.45, 7) is 1.35. The summed E-state index contributed by atoms with van der Waals surface area (Å²) in [7, 11) is 0. The first-order valence-corrected chi connectivity index (χ1v) is 10.3. The molecule has 0 radical (unpaired) electrons. The Hall–Kier alpha value is -2.08. The fourth-order valence-corrected chi connectivity index (χ4v) is 4.63. The minimum Gasteiger partial charge on any atom is -0.481 e. The molecule has 1 spiro atoms. The van der Waals surface area contributed by atoms with Crippen molar-refractivity contribution in [2.75, 3.05) is 13.1 Å². The lowest BCUT2D eigenvalue weighted by atomic mass is 9.77. The second kappa shape index (κ2) is 8.95. The van der Waals surface area contributed by atoms with Gasteiger partial charge in [0.1, 0.15) is 6.04 Å². The molecule has 2 N–H and O–H groups in total. The van der Waals surface area contributed by atoms with E-state index in [0.29, 0.717) is 29.1 Å². The minimum absolute atomic E-state index is 0.0715. The van der Waals surface area contributed by atoms with Crippen LogP contribution >= 0.6 is 11.6 Å². The van der Waals surface area contributed by atoms with E-state index in [4.69, 9.17) is 16.7 Å². The Morgan fingerprint density at radius 3 is 2.43 bits per heavy atom. The van der Waals surface area contributed by atoms with Crippen LogP contribution in [-0.4, -0.2) is 46.9 Å². The van der Waals surface area contributed by atoms with Gasteiger partial charge in [0.05, 0.1) is 0 Å². The molecule has 2 amide bonds. The molecule has 28 heavy (non-hydrogen) atoms. The van der Waals surface area contributed by atoms with E-state index in [1.165, 1.54) is 31.7 Å².